The van der Waals surface area contributed by atoms with Crippen molar-refractivity contribution in [1.29, 1.82) is 0 Å². The van der Waals surface area contributed by atoms with E-state index in [-0.39, 0.29) is 12.8 Å². The van der Waals surface area contributed by atoms with Gasteiger partial charge in [0.15, 0.2) is 0 Å². The van der Waals surface area contributed by atoms with Gasteiger partial charge in [0.25, 0.3) is 0 Å². The fourth-order valence-corrected chi connectivity index (χ4v) is 2.37. The number of aliphatic carboxylic acids is 2. The minimum Gasteiger partial charge on any atom is -0.481 e. The van der Waals surface area contributed by atoms with Crippen molar-refractivity contribution in [2.45, 2.75) is 50.6 Å². The van der Waals surface area contributed by atoms with Gasteiger partial charge in [0.2, 0.25) is 0 Å². The van der Waals surface area contributed by atoms with E-state index in [1.54, 1.807) is 0 Å². The Hall–Kier alpha value is -1.10. The van der Waals surface area contributed by atoms with Gasteiger partial charge in [-0.15, -0.1) is 0 Å². The lowest BCUT2D eigenvalue weighted by atomic mass is 10.1. The highest BCUT2D eigenvalue weighted by Crippen LogP contribution is 2.27. The number of hydrogen-bond donors (Lipinski definition) is 2. The molecular formula is C11H19NO4. The fraction of sp³-hybridized carbons (Fsp3) is 0.818. The highest BCUT2D eigenvalue weighted by Gasteiger charge is 2.30. The van der Waals surface area contributed by atoms with E-state index >= 15 is 0 Å². The summed E-state index contributed by atoms with van der Waals surface area (Å²) < 4.78 is 0. The highest BCUT2D eigenvalue weighted by atomic mass is 16.4. The van der Waals surface area contributed by atoms with Gasteiger partial charge in [0.1, 0.15) is 0 Å². The van der Waals surface area contributed by atoms with Crippen LogP contribution in [-0.2, 0) is 9.59 Å². The highest BCUT2D eigenvalue weighted by molar-refractivity contribution is 5.67. The van der Waals surface area contributed by atoms with Gasteiger partial charge >= 0.3 is 11.9 Å². The third-order valence-corrected chi connectivity index (χ3v) is 3.37. The molecule has 0 radical (unpaired) electrons. The van der Waals surface area contributed by atoms with Crippen LogP contribution in [0.2, 0.25) is 0 Å². The second-order valence-electron chi connectivity index (χ2n) is 4.42. The van der Waals surface area contributed by atoms with Crippen molar-refractivity contribution < 1.29 is 19.8 Å². The summed E-state index contributed by atoms with van der Waals surface area (Å²) in [5, 5.41) is 17.2. The normalized spacial score (nSPS) is 25.8. The second kappa shape index (κ2) is 5.84. The Bertz CT molecular complexity index is 241. The van der Waals surface area contributed by atoms with Crippen molar-refractivity contribution in [1.82, 2.24) is 4.90 Å². The molecule has 2 atom stereocenters. The summed E-state index contributed by atoms with van der Waals surface area (Å²) in [6, 6.07) is 0.602. The Balaban J connectivity index is 2.32. The second-order valence-corrected chi connectivity index (χ2v) is 4.42. The van der Waals surface area contributed by atoms with E-state index in [4.69, 9.17) is 10.2 Å². The maximum Gasteiger partial charge on any atom is 0.303 e. The molecule has 0 aromatic carbocycles. The minimum absolute atomic E-state index is 0.195. The minimum atomic E-state index is -0.762. The Labute approximate surface area is 95.1 Å². The molecule has 5 heteroatoms. The van der Waals surface area contributed by atoms with Crippen LogP contribution >= 0.6 is 0 Å². The monoisotopic (exact) mass is 229 g/mol. The number of carbonyl (C=O) groups is 2. The third-order valence-electron chi connectivity index (χ3n) is 3.37. The molecule has 2 unspecified atom stereocenters. The first-order chi connectivity index (χ1) is 7.50. The average molecular weight is 229 g/mol. The molecule has 1 aliphatic rings. The van der Waals surface area contributed by atoms with E-state index in [2.05, 4.69) is 4.90 Å². The van der Waals surface area contributed by atoms with Crippen LogP contribution in [0.1, 0.15) is 38.5 Å². The number of carboxylic acid groups (broad SMARTS) is 2. The number of carboxylic acids is 2. The van der Waals surface area contributed by atoms with E-state index in [1.807, 2.05) is 7.05 Å². The van der Waals surface area contributed by atoms with Crippen molar-refractivity contribution in [3.8, 4) is 0 Å². The summed E-state index contributed by atoms with van der Waals surface area (Å²) >= 11 is 0. The lowest BCUT2D eigenvalue weighted by Gasteiger charge is -2.25. The van der Waals surface area contributed by atoms with Gasteiger partial charge < -0.3 is 15.1 Å². The predicted molar refractivity (Wildman–Crippen MR) is 58.3 cm³/mol. The van der Waals surface area contributed by atoms with Crippen molar-refractivity contribution in [3.05, 3.63) is 0 Å². The summed E-state index contributed by atoms with van der Waals surface area (Å²) in [4.78, 5) is 23.1. The first-order valence-corrected chi connectivity index (χ1v) is 5.66. The maximum absolute atomic E-state index is 10.5. The van der Waals surface area contributed by atoms with Crippen LogP contribution < -0.4 is 0 Å². The van der Waals surface area contributed by atoms with Crippen LogP contribution in [0, 0.1) is 0 Å². The predicted octanol–water partition coefficient (Wildman–Crippen LogP) is 1.18. The quantitative estimate of drug-likeness (QED) is 0.715. The fourth-order valence-electron chi connectivity index (χ4n) is 2.37. The summed E-state index contributed by atoms with van der Waals surface area (Å²) in [6.45, 7) is 0. The topological polar surface area (TPSA) is 77.8 Å². The van der Waals surface area contributed by atoms with Crippen molar-refractivity contribution in [2.24, 2.45) is 0 Å². The van der Waals surface area contributed by atoms with Gasteiger partial charge in [-0.25, -0.2) is 0 Å². The third kappa shape index (κ3) is 3.81. The number of hydrogen-bond acceptors (Lipinski definition) is 3. The molecule has 2 N–H and O–H groups in total. The molecular weight excluding hydrogens is 210 g/mol. The van der Waals surface area contributed by atoms with Crippen molar-refractivity contribution in [2.75, 3.05) is 7.05 Å². The zero-order chi connectivity index (χ0) is 12.1. The molecule has 0 saturated carbocycles. The number of likely N-dealkylation sites (tertiary alicyclic amines) is 1. The summed E-state index contributed by atoms with van der Waals surface area (Å²) in [5.74, 6) is -1.52. The Morgan fingerprint density at radius 2 is 1.44 bits per heavy atom. The molecule has 1 fully saturated rings. The van der Waals surface area contributed by atoms with Crippen LogP contribution in [0.5, 0.6) is 0 Å². The summed E-state index contributed by atoms with van der Waals surface area (Å²) in [5.41, 5.74) is 0. The molecule has 1 rings (SSSR count). The number of rotatable bonds is 6. The Morgan fingerprint density at radius 1 is 1.06 bits per heavy atom. The van der Waals surface area contributed by atoms with E-state index in [0.717, 1.165) is 12.8 Å². The molecule has 5 nitrogen and oxygen atoms in total. The first kappa shape index (κ1) is 13.0. The molecule has 0 aromatic rings. The largest absolute Gasteiger partial charge is 0.481 e. The van der Waals surface area contributed by atoms with Gasteiger partial charge in [0, 0.05) is 24.9 Å². The van der Waals surface area contributed by atoms with E-state index in [0.29, 0.717) is 24.9 Å². The lowest BCUT2D eigenvalue weighted by Crippen LogP contribution is -2.32. The molecule has 1 saturated heterocycles. The van der Waals surface area contributed by atoms with E-state index < -0.39 is 11.9 Å². The Kier molecular flexibility index (Phi) is 4.73. The van der Waals surface area contributed by atoms with Gasteiger partial charge in [0.05, 0.1) is 0 Å². The smallest absolute Gasteiger partial charge is 0.303 e. The van der Waals surface area contributed by atoms with Gasteiger partial charge in [-0.2, -0.15) is 0 Å². The van der Waals surface area contributed by atoms with Crippen LogP contribution in [-0.4, -0.2) is 46.2 Å². The first-order valence-electron chi connectivity index (χ1n) is 5.66. The SMILES string of the molecule is CN1C(CCC(=O)O)CCC1CCC(=O)O. The van der Waals surface area contributed by atoms with E-state index in [1.165, 1.54) is 0 Å². The van der Waals surface area contributed by atoms with Gasteiger partial charge in [-0.1, -0.05) is 0 Å². The molecule has 0 spiro atoms. The molecule has 0 aliphatic carbocycles. The molecule has 1 heterocycles. The maximum atomic E-state index is 10.5. The average Bonchev–Trinajstić information content (AvgIpc) is 2.53. The van der Waals surface area contributed by atoms with Crippen LogP contribution in [0.4, 0.5) is 0 Å². The standard InChI is InChI=1S/C11H19NO4/c1-12-8(4-6-10(13)14)2-3-9(12)5-7-11(15)16/h8-9H,2-7H2,1H3,(H,13,14)(H,15,16). The lowest BCUT2D eigenvalue weighted by molar-refractivity contribution is -0.138. The Morgan fingerprint density at radius 3 is 1.75 bits per heavy atom. The molecule has 0 aromatic heterocycles. The van der Waals surface area contributed by atoms with Crippen LogP contribution in [0.25, 0.3) is 0 Å². The summed E-state index contributed by atoms with van der Waals surface area (Å²) in [7, 11) is 1.96. The molecule has 0 amide bonds. The van der Waals surface area contributed by atoms with Crippen molar-refractivity contribution in [3.63, 3.8) is 0 Å². The molecule has 16 heavy (non-hydrogen) atoms. The van der Waals surface area contributed by atoms with Crippen LogP contribution in [0.15, 0.2) is 0 Å². The number of nitrogens with zero attached hydrogens (tertiary/aromatic N) is 1. The van der Waals surface area contributed by atoms with Gasteiger partial charge in [-0.05, 0) is 32.7 Å². The van der Waals surface area contributed by atoms with Gasteiger partial charge in [-0.3, -0.25) is 9.59 Å². The van der Waals surface area contributed by atoms with Crippen molar-refractivity contribution >= 4 is 11.9 Å². The zero-order valence-corrected chi connectivity index (χ0v) is 9.56. The van der Waals surface area contributed by atoms with E-state index in [9.17, 15) is 9.59 Å². The molecule has 1 aliphatic heterocycles. The molecule has 92 valence electrons. The van der Waals surface area contributed by atoms with Crippen LogP contribution in [0.3, 0.4) is 0 Å². The summed E-state index contributed by atoms with van der Waals surface area (Å²) in [6.07, 6.45) is 3.67. The zero-order valence-electron chi connectivity index (χ0n) is 9.56. The molecule has 0 bridgehead atoms.